The molecule has 0 atom stereocenters. The van der Waals surface area contributed by atoms with Crippen LogP contribution in [0.1, 0.15) is 11.1 Å². The van der Waals surface area contributed by atoms with Crippen molar-refractivity contribution in [1.82, 2.24) is 0 Å². The van der Waals surface area contributed by atoms with E-state index in [0.717, 1.165) is 0 Å². The molecule has 0 heterocycles. The van der Waals surface area contributed by atoms with Crippen molar-refractivity contribution >= 4 is 19.7 Å². The SMILES string of the molecule is COP(=O)(OC)OC(=Cc1ccc(F)cc1)c1ccccc1. The van der Waals surface area contributed by atoms with Crippen molar-refractivity contribution in [2.75, 3.05) is 14.2 Å². The largest absolute Gasteiger partial charge is 0.529 e. The lowest BCUT2D eigenvalue weighted by molar-refractivity contribution is 0.201. The summed E-state index contributed by atoms with van der Waals surface area (Å²) < 4.78 is 40.2. The van der Waals surface area contributed by atoms with Gasteiger partial charge in [0.1, 0.15) is 11.6 Å². The van der Waals surface area contributed by atoms with Crippen LogP contribution in [0.2, 0.25) is 0 Å². The standard InChI is InChI=1S/C16H16FO4P/c1-19-22(18,20-2)21-16(14-6-4-3-5-7-14)12-13-8-10-15(17)11-9-13/h3-12H,1-2H3. The summed E-state index contributed by atoms with van der Waals surface area (Å²) in [5.41, 5.74) is 1.39. The molecule has 0 N–H and O–H groups in total. The molecule has 2 rings (SSSR count). The predicted molar refractivity (Wildman–Crippen MR) is 83.4 cm³/mol. The van der Waals surface area contributed by atoms with Crippen LogP contribution in [-0.4, -0.2) is 14.2 Å². The van der Waals surface area contributed by atoms with Gasteiger partial charge in [-0.1, -0.05) is 42.5 Å². The Morgan fingerprint density at radius 2 is 1.59 bits per heavy atom. The predicted octanol–water partition coefficient (Wildman–Crippen LogP) is 4.74. The summed E-state index contributed by atoms with van der Waals surface area (Å²) >= 11 is 0. The molecule has 6 heteroatoms. The molecule has 2 aromatic rings. The Labute approximate surface area is 128 Å². The first-order valence-electron chi connectivity index (χ1n) is 6.50. The van der Waals surface area contributed by atoms with Crippen molar-refractivity contribution in [2.45, 2.75) is 0 Å². The molecular weight excluding hydrogens is 306 g/mol. The lowest BCUT2D eigenvalue weighted by Gasteiger charge is -2.17. The summed E-state index contributed by atoms with van der Waals surface area (Å²) in [6.07, 6.45) is 1.64. The van der Waals surface area contributed by atoms with Crippen LogP contribution in [0.4, 0.5) is 4.39 Å². The number of hydrogen-bond acceptors (Lipinski definition) is 4. The minimum atomic E-state index is -3.69. The van der Waals surface area contributed by atoms with Crippen LogP contribution >= 0.6 is 7.82 Å². The van der Waals surface area contributed by atoms with E-state index in [-0.39, 0.29) is 5.82 Å². The van der Waals surface area contributed by atoms with E-state index in [1.165, 1.54) is 26.4 Å². The summed E-state index contributed by atoms with van der Waals surface area (Å²) in [4.78, 5) is 0. The zero-order valence-corrected chi connectivity index (χ0v) is 13.1. The molecule has 0 spiro atoms. The Hall–Kier alpha value is -1.94. The summed E-state index contributed by atoms with van der Waals surface area (Å²) in [6, 6.07) is 14.9. The topological polar surface area (TPSA) is 44.8 Å². The summed E-state index contributed by atoms with van der Waals surface area (Å²) in [5, 5.41) is 0. The third-order valence-electron chi connectivity index (χ3n) is 2.88. The highest BCUT2D eigenvalue weighted by molar-refractivity contribution is 7.48. The van der Waals surface area contributed by atoms with Crippen LogP contribution in [0.3, 0.4) is 0 Å². The summed E-state index contributed by atoms with van der Waals surface area (Å²) in [6.45, 7) is 0. The van der Waals surface area contributed by atoms with E-state index < -0.39 is 7.82 Å². The van der Waals surface area contributed by atoms with E-state index in [4.69, 9.17) is 13.6 Å². The molecule has 0 aliphatic heterocycles. The number of phosphoric acid groups is 1. The van der Waals surface area contributed by atoms with Gasteiger partial charge in [0.15, 0.2) is 0 Å². The van der Waals surface area contributed by atoms with Crippen LogP contribution < -0.4 is 0 Å². The monoisotopic (exact) mass is 322 g/mol. The molecule has 0 unspecified atom stereocenters. The van der Waals surface area contributed by atoms with Crippen molar-refractivity contribution in [1.29, 1.82) is 0 Å². The van der Waals surface area contributed by atoms with E-state index in [1.54, 1.807) is 30.3 Å². The molecule has 0 saturated carbocycles. The van der Waals surface area contributed by atoms with Crippen LogP contribution in [0.5, 0.6) is 0 Å². The average molecular weight is 322 g/mol. The van der Waals surface area contributed by atoms with E-state index in [0.29, 0.717) is 16.9 Å². The number of halogens is 1. The van der Waals surface area contributed by atoms with Crippen LogP contribution in [-0.2, 0) is 18.1 Å². The fourth-order valence-corrected chi connectivity index (χ4v) is 2.44. The summed E-state index contributed by atoms with van der Waals surface area (Å²) in [7, 11) is -1.21. The Morgan fingerprint density at radius 3 is 2.14 bits per heavy atom. The maximum Gasteiger partial charge on any atom is 0.529 e. The Balaban J connectivity index is 2.42. The lowest BCUT2D eigenvalue weighted by atomic mass is 10.1. The quantitative estimate of drug-likeness (QED) is 0.438. The maximum atomic E-state index is 13.0. The van der Waals surface area contributed by atoms with Crippen molar-refractivity contribution in [3.05, 3.63) is 71.5 Å². The number of benzene rings is 2. The number of phosphoric ester groups is 1. The van der Waals surface area contributed by atoms with Crippen LogP contribution in [0.15, 0.2) is 54.6 Å². The highest BCUT2D eigenvalue weighted by atomic mass is 31.2. The van der Waals surface area contributed by atoms with Crippen LogP contribution in [0.25, 0.3) is 11.8 Å². The van der Waals surface area contributed by atoms with Gasteiger partial charge >= 0.3 is 7.82 Å². The molecule has 0 bridgehead atoms. The van der Waals surface area contributed by atoms with Gasteiger partial charge in [-0.05, 0) is 23.8 Å². The second-order valence-corrected chi connectivity index (χ2v) is 6.14. The lowest BCUT2D eigenvalue weighted by Crippen LogP contribution is -1.95. The fraction of sp³-hybridized carbons (Fsp3) is 0.125. The minimum Gasteiger partial charge on any atom is -0.403 e. The Morgan fingerprint density at radius 1 is 1.00 bits per heavy atom. The van der Waals surface area contributed by atoms with E-state index in [2.05, 4.69) is 0 Å². The number of hydrogen-bond donors (Lipinski definition) is 0. The molecule has 2 aromatic carbocycles. The van der Waals surface area contributed by atoms with Gasteiger partial charge in [0.05, 0.1) is 0 Å². The zero-order valence-electron chi connectivity index (χ0n) is 12.2. The van der Waals surface area contributed by atoms with Gasteiger partial charge in [0.25, 0.3) is 0 Å². The molecule has 0 aliphatic carbocycles. The smallest absolute Gasteiger partial charge is 0.403 e. The second kappa shape index (κ2) is 7.36. The highest BCUT2D eigenvalue weighted by Crippen LogP contribution is 2.51. The van der Waals surface area contributed by atoms with Gasteiger partial charge in [-0.25, -0.2) is 8.96 Å². The van der Waals surface area contributed by atoms with E-state index in [9.17, 15) is 8.96 Å². The molecule has 0 fully saturated rings. The molecule has 116 valence electrons. The molecule has 0 aromatic heterocycles. The summed E-state index contributed by atoms with van der Waals surface area (Å²) in [5.74, 6) is -0.0296. The molecule has 22 heavy (non-hydrogen) atoms. The van der Waals surface area contributed by atoms with E-state index in [1.807, 2.05) is 18.2 Å². The third kappa shape index (κ3) is 4.28. The molecular formula is C16H16FO4P. The maximum absolute atomic E-state index is 13.0. The van der Waals surface area contributed by atoms with Crippen molar-refractivity contribution in [2.24, 2.45) is 0 Å². The molecule has 0 amide bonds. The Bertz CT molecular complexity index is 675. The van der Waals surface area contributed by atoms with Gasteiger partial charge in [0.2, 0.25) is 0 Å². The van der Waals surface area contributed by atoms with Crippen molar-refractivity contribution < 1.29 is 22.5 Å². The second-order valence-electron chi connectivity index (χ2n) is 4.33. The van der Waals surface area contributed by atoms with Crippen LogP contribution in [0, 0.1) is 5.82 Å². The first kappa shape index (κ1) is 16.4. The zero-order chi connectivity index (χ0) is 16.0. The van der Waals surface area contributed by atoms with Crippen molar-refractivity contribution in [3.63, 3.8) is 0 Å². The highest BCUT2D eigenvalue weighted by Gasteiger charge is 2.26. The van der Waals surface area contributed by atoms with Gasteiger partial charge in [-0.2, -0.15) is 0 Å². The number of rotatable bonds is 6. The molecule has 4 nitrogen and oxygen atoms in total. The van der Waals surface area contributed by atoms with Gasteiger partial charge < -0.3 is 4.52 Å². The molecule has 0 aliphatic rings. The third-order valence-corrected chi connectivity index (χ3v) is 4.20. The minimum absolute atomic E-state index is 0.305. The van der Waals surface area contributed by atoms with Gasteiger partial charge in [0, 0.05) is 19.8 Å². The van der Waals surface area contributed by atoms with E-state index >= 15 is 0 Å². The average Bonchev–Trinajstić information content (AvgIpc) is 2.57. The first-order chi connectivity index (χ1) is 10.6. The van der Waals surface area contributed by atoms with Crippen molar-refractivity contribution in [3.8, 4) is 0 Å². The Kier molecular flexibility index (Phi) is 5.50. The molecule has 0 saturated heterocycles. The van der Waals surface area contributed by atoms with Gasteiger partial charge in [-0.3, -0.25) is 9.05 Å². The van der Waals surface area contributed by atoms with Gasteiger partial charge in [-0.15, -0.1) is 0 Å². The normalized spacial score (nSPS) is 12.2. The fourth-order valence-electron chi connectivity index (χ4n) is 1.74. The molecule has 0 radical (unpaired) electrons. The first-order valence-corrected chi connectivity index (χ1v) is 7.96.